The molecule has 1 atom stereocenters. The number of likely N-dealkylation sites (tertiary alicyclic amines) is 1. The maximum Gasteiger partial charge on any atom is 0.323 e. The predicted octanol–water partition coefficient (Wildman–Crippen LogP) is 1.02. The van der Waals surface area contributed by atoms with Gasteiger partial charge >= 0.3 is 5.97 Å². The van der Waals surface area contributed by atoms with Crippen LogP contribution >= 0.6 is 0 Å². The second-order valence-corrected chi connectivity index (χ2v) is 8.67. The average molecular weight is 396 g/mol. The zero-order valence-electron chi connectivity index (χ0n) is 15.4. The number of carbonyl (C=O) groups excluding carboxylic acids is 2. The van der Waals surface area contributed by atoms with Gasteiger partial charge in [0.05, 0.1) is 10.5 Å². The van der Waals surface area contributed by atoms with E-state index in [4.69, 9.17) is 5.11 Å². The van der Waals surface area contributed by atoms with Gasteiger partial charge < -0.3 is 14.9 Å². The number of aliphatic carboxylic acids is 1. The van der Waals surface area contributed by atoms with Crippen LogP contribution in [0.2, 0.25) is 0 Å². The Balaban J connectivity index is 2.18. The molecule has 1 saturated heterocycles. The highest BCUT2D eigenvalue weighted by molar-refractivity contribution is 7.90. The van der Waals surface area contributed by atoms with Crippen molar-refractivity contribution in [2.45, 2.75) is 37.1 Å². The number of hydrogen-bond donors (Lipinski definition) is 1. The van der Waals surface area contributed by atoms with E-state index in [1.807, 2.05) is 0 Å². The summed E-state index contributed by atoms with van der Waals surface area (Å²) in [6.45, 7) is 1.71. The summed E-state index contributed by atoms with van der Waals surface area (Å²) in [5.74, 6) is -1.77. The minimum atomic E-state index is -3.54. The number of carboxylic acids is 1. The first kappa shape index (κ1) is 20.9. The average Bonchev–Trinajstić information content (AvgIpc) is 2.84. The highest BCUT2D eigenvalue weighted by atomic mass is 32.2. The number of carboxylic acid groups (broad SMARTS) is 1. The molecule has 1 aliphatic heterocycles. The molecule has 8 nitrogen and oxygen atoms in total. The minimum Gasteiger partial charge on any atom is -0.480 e. The lowest BCUT2D eigenvalue weighted by Crippen LogP contribution is -2.43. The molecule has 0 bridgehead atoms. The van der Waals surface area contributed by atoms with Crippen molar-refractivity contribution in [1.82, 2.24) is 9.80 Å². The van der Waals surface area contributed by atoms with Gasteiger partial charge in [0.2, 0.25) is 5.91 Å². The van der Waals surface area contributed by atoms with Gasteiger partial charge in [-0.25, -0.2) is 8.42 Å². The van der Waals surface area contributed by atoms with Gasteiger partial charge in [0.25, 0.3) is 5.91 Å². The summed E-state index contributed by atoms with van der Waals surface area (Å²) in [5, 5.41) is 9.01. The molecule has 1 fully saturated rings. The van der Waals surface area contributed by atoms with E-state index < -0.39 is 15.8 Å². The Bertz CT molecular complexity index is 836. The van der Waals surface area contributed by atoms with Crippen LogP contribution < -0.4 is 0 Å². The fourth-order valence-corrected chi connectivity index (χ4v) is 4.25. The van der Waals surface area contributed by atoms with Crippen LogP contribution in [0, 0.1) is 0 Å². The zero-order chi connectivity index (χ0) is 20.2. The Morgan fingerprint density at radius 1 is 1.19 bits per heavy atom. The summed E-state index contributed by atoms with van der Waals surface area (Å²) in [7, 11) is -3.54. The first-order valence-corrected chi connectivity index (χ1v) is 10.6. The van der Waals surface area contributed by atoms with Crippen molar-refractivity contribution in [2.75, 3.05) is 25.9 Å². The van der Waals surface area contributed by atoms with Gasteiger partial charge in [0.15, 0.2) is 9.84 Å². The molecule has 148 valence electrons. The van der Waals surface area contributed by atoms with Crippen LogP contribution in [0.25, 0.3) is 0 Å². The normalized spacial score (nSPS) is 17.9. The first-order chi connectivity index (χ1) is 12.6. The molecule has 0 radical (unpaired) electrons. The van der Waals surface area contributed by atoms with E-state index in [0.29, 0.717) is 32.4 Å². The maximum absolute atomic E-state index is 12.9. The highest BCUT2D eigenvalue weighted by Gasteiger charge is 2.29. The largest absolute Gasteiger partial charge is 0.480 e. The molecule has 0 aliphatic carbocycles. The van der Waals surface area contributed by atoms with Crippen LogP contribution in [0.1, 0.15) is 36.5 Å². The molecule has 0 saturated carbocycles. The molecule has 27 heavy (non-hydrogen) atoms. The number of nitrogens with zero attached hydrogens (tertiary/aromatic N) is 2. The molecule has 1 N–H and O–H groups in total. The van der Waals surface area contributed by atoms with Crippen LogP contribution in [0.4, 0.5) is 0 Å². The van der Waals surface area contributed by atoms with E-state index in [2.05, 4.69) is 0 Å². The predicted molar refractivity (Wildman–Crippen MR) is 98.1 cm³/mol. The van der Waals surface area contributed by atoms with E-state index in [-0.39, 0.29) is 34.9 Å². The Hall–Kier alpha value is -2.42. The van der Waals surface area contributed by atoms with Crippen LogP contribution in [0.3, 0.4) is 0 Å². The van der Waals surface area contributed by atoms with Gasteiger partial charge in [-0.1, -0.05) is 12.1 Å². The van der Waals surface area contributed by atoms with E-state index in [1.54, 1.807) is 17.0 Å². The standard InChI is InChI=1S/C18H24N2O6S/c1-13(21)20(12-17(22)23)14-6-5-10-19(11-9-14)18(24)15-7-3-4-8-16(15)27(2,25)26/h3-4,7-8,14H,5-6,9-12H2,1-2H3,(H,22,23). The Kier molecular flexibility index (Phi) is 6.59. The van der Waals surface area contributed by atoms with Crippen LogP contribution in [0.5, 0.6) is 0 Å². The maximum atomic E-state index is 12.9. The monoisotopic (exact) mass is 396 g/mol. The summed E-state index contributed by atoms with van der Waals surface area (Å²) in [4.78, 5) is 38.6. The number of sulfone groups is 1. The van der Waals surface area contributed by atoms with Gasteiger partial charge in [-0.05, 0) is 31.4 Å². The lowest BCUT2D eigenvalue weighted by molar-refractivity contribution is -0.145. The quantitative estimate of drug-likeness (QED) is 0.795. The van der Waals surface area contributed by atoms with E-state index in [9.17, 15) is 22.8 Å². The van der Waals surface area contributed by atoms with Gasteiger partial charge in [-0.2, -0.15) is 0 Å². The van der Waals surface area contributed by atoms with Crippen molar-refractivity contribution in [1.29, 1.82) is 0 Å². The van der Waals surface area contributed by atoms with Crippen molar-refractivity contribution in [3.8, 4) is 0 Å². The third-order valence-corrected chi connectivity index (χ3v) is 5.81. The van der Waals surface area contributed by atoms with Crippen molar-refractivity contribution in [2.24, 2.45) is 0 Å². The van der Waals surface area contributed by atoms with Gasteiger partial charge in [-0.3, -0.25) is 14.4 Å². The Morgan fingerprint density at radius 3 is 2.44 bits per heavy atom. The summed E-state index contributed by atoms with van der Waals surface area (Å²) in [6, 6.07) is 5.83. The lowest BCUT2D eigenvalue weighted by atomic mass is 10.1. The molecule has 0 spiro atoms. The van der Waals surface area contributed by atoms with Crippen LogP contribution in [-0.4, -0.2) is 73.0 Å². The second kappa shape index (κ2) is 8.51. The van der Waals surface area contributed by atoms with Crippen molar-refractivity contribution in [3.63, 3.8) is 0 Å². The molecule has 9 heteroatoms. The molecule has 1 heterocycles. The van der Waals surface area contributed by atoms with Gasteiger partial charge in [-0.15, -0.1) is 0 Å². The molecule has 1 unspecified atom stereocenters. The molecular formula is C18H24N2O6S. The SMILES string of the molecule is CC(=O)N(CC(=O)O)C1CCCN(C(=O)c2ccccc2S(C)(=O)=O)CC1. The molecule has 0 aromatic heterocycles. The van der Waals surface area contributed by atoms with E-state index >= 15 is 0 Å². The number of benzene rings is 1. The highest BCUT2D eigenvalue weighted by Crippen LogP contribution is 2.22. The van der Waals surface area contributed by atoms with Crippen molar-refractivity contribution < 1.29 is 27.9 Å². The third-order valence-electron chi connectivity index (χ3n) is 4.65. The fourth-order valence-electron chi connectivity index (χ4n) is 3.37. The number of hydrogen-bond acceptors (Lipinski definition) is 5. The van der Waals surface area contributed by atoms with Crippen LogP contribution in [0.15, 0.2) is 29.2 Å². The fraction of sp³-hybridized carbons (Fsp3) is 0.500. The van der Waals surface area contributed by atoms with Crippen molar-refractivity contribution >= 4 is 27.6 Å². The Morgan fingerprint density at radius 2 is 1.85 bits per heavy atom. The lowest BCUT2D eigenvalue weighted by Gasteiger charge is -2.29. The second-order valence-electron chi connectivity index (χ2n) is 6.69. The number of amides is 2. The number of carbonyl (C=O) groups is 3. The molecule has 1 aliphatic rings. The van der Waals surface area contributed by atoms with E-state index in [0.717, 1.165) is 6.26 Å². The molecular weight excluding hydrogens is 372 g/mol. The summed E-state index contributed by atoms with van der Waals surface area (Å²) < 4.78 is 23.9. The molecule has 2 amide bonds. The summed E-state index contributed by atoms with van der Waals surface area (Å²) in [6.07, 6.45) is 2.69. The van der Waals surface area contributed by atoms with Crippen LogP contribution in [-0.2, 0) is 19.4 Å². The van der Waals surface area contributed by atoms with Gasteiger partial charge in [0, 0.05) is 32.3 Å². The summed E-state index contributed by atoms with van der Waals surface area (Å²) >= 11 is 0. The first-order valence-electron chi connectivity index (χ1n) is 8.68. The topological polar surface area (TPSA) is 112 Å². The van der Waals surface area contributed by atoms with E-state index in [1.165, 1.54) is 24.0 Å². The smallest absolute Gasteiger partial charge is 0.323 e. The number of rotatable bonds is 5. The zero-order valence-corrected chi connectivity index (χ0v) is 16.2. The van der Waals surface area contributed by atoms with Crippen molar-refractivity contribution in [3.05, 3.63) is 29.8 Å². The Labute approximate surface area is 158 Å². The summed E-state index contributed by atoms with van der Waals surface area (Å²) in [5.41, 5.74) is 0.132. The minimum absolute atomic E-state index is 0.00737. The van der Waals surface area contributed by atoms with Gasteiger partial charge in [0.1, 0.15) is 6.54 Å². The molecule has 1 aromatic carbocycles. The molecule has 2 rings (SSSR count). The third kappa shape index (κ3) is 5.29. The molecule has 1 aromatic rings.